The SMILES string of the molecule is COc1cccc(CC(C#N)C(=O)NC2CCCC2)c1. The Morgan fingerprint density at radius 2 is 2.25 bits per heavy atom. The van der Waals surface area contributed by atoms with E-state index >= 15 is 0 Å². The van der Waals surface area contributed by atoms with Gasteiger partial charge in [0.25, 0.3) is 0 Å². The molecule has 1 aliphatic rings. The quantitative estimate of drug-likeness (QED) is 0.895. The van der Waals surface area contributed by atoms with Gasteiger partial charge < -0.3 is 10.1 Å². The van der Waals surface area contributed by atoms with E-state index in [0.717, 1.165) is 37.0 Å². The molecule has 1 fully saturated rings. The van der Waals surface area contributed by atoms with Crippen molar-refractivity contribution in [2.75, 3.05) is 7.11 Å². The molecule has 1 saturated carbocycles. The predicted octanol–water partition coefficient (Wildman–Crippen LogP) is 2.44. The monoisotopic (exact) mass is 272 g/mol. The minimum Gasteiger partial charge on any atom is -0.497 e. The van der Waals surface area contributed by atoms with Crippen molar-refractivity contribution in [1.82, 2.24) is 5.32 Å². The highest BCUT2D eigenvalue weighted by Gasteiger charge is 2.23. The summed E-state index contributed by atoms with van der Waals surface area (Å²) in [5, 5.41) is 12.2. The molecule has 4 heteroatoms. The second kappa shape index (κ2) is 6.95. The van der Waals surface area contributed by atoms with E-state index in [9.17, 15) is 10.1 Å². The first kappa shape index (κ1) is 14.4. The third-order valence-corrected chi connectivity index (χ3v) is 3.75. The van der Waals surface area contributed by atoms with Crippen LogP contribution in [-0.4, -0.2) is 19.1 Å². The highest BCUT2D eigenvalue weighted by Crippen LogP contribution is 2.19. The largest absolute Gasteiger partial charge is 0.497 e. The van der Waals surface area contributed by atoms with E-state index in [1.807, 2.05) is 24.3 Å². The Bertz CT molecular complexity index is 501. The average molecular weight is 272 g/mol. The Hall–Kier alpha value is -2.02. The molecule has 0 bridgehead atoms. The van der Waals surface area contributed by atoms with Crippen LogP contribution in [0.1, 0.15) is 31.2 Å². The highest BCUT2D eigenvalue weighted by atomic mass is 16.5. The zero-order valence-corrected chi connectivity index (χ0v) is 11.8. The molecule has 20 heavy (non-hydrogen) atoms. The smallest absolute Gasteiger partial charge is 0.237 e. The van der Waals surface area contributed by atoms with Gasteiger partial charge in [0, 0.05) is 6.04 Å². The average Bonchev–Trinajstić information content (AvgIpc) is 2.97. The summed E-state index contributed by atoms with van der Waals surface area (Å²) in [6, 6.07) is 9.87. The van der Waals surface area contributed by atoms with Gasteiger partial charge in [-0.2, -0.15) is 5.26 Å². The van der Waals surface area contributed by atoms with Crippen LogP contribution in [0, 0.1) is 17.2 Å². The minimum atomic E-state index is -0.636. The number of methoxy groups -OCH3 is 1. The summed E-state index contributed by atoms with van der Waals surface area (Å²) in [6.45, 7) is 0. The Kier molecular flexibility index (Phi) is 5.00. The van der Waals surface area contributed by atoms with Crippen LogP contribution in [0.5, 0.6) is 5.75 Å². The first-order chi connectivity index (χ1) is 9.72. The van der Waals surface area contributed by atoms with E-state index in [1.165, 1.54) is 0 Å². The molecule has 0 radical (unpaired) electrons. The molecule has 106 valence electrons. The number of hydrogen-bond donors (Lipinski definition) is 1. The maximum Gasteiger partial charge on any atom is 0.237 e. The zero-order valence-electron chi connectivity index (χ0n) is 11.8. The number of amides is 1. The third kappa shape index (κ3) is 3.74. The van der Waals surface area contributed by atoms with Crippen molar-refractivity contribution in [2.24, 2.45) is 5.92 Å². The summed E-state index contributed by atoms with van der Waals surface area (Å²) >= 11 is 0. The molecule has 0 heterocycles. The number of nitriles is 1. The van der Waals surface area contributed by atoms with Gasteiger partial charge in [-0.15, -0.1) is 0 Å². The fraction of sp³-hybridized carbons (Fsp3) is 0.500. The molecule has 2 rings (SSSR count). The molecule has 1 aliphatic carbocycles. The standard InChI is InChI=1S/C16H20N2O2/c1-20-15-8-4-5-12(10-15)9-13(11-17)16(19)18-14-6-2-3-7-14/h4-5,8,10,13-14H,2-3,6-7,9H2,1H3,(H,18,19). The van der Waals surface area contributed by atoms with Crippen molar-refractivity contribution in [3.8, 4) is 11.8 Å². The number of carbonyl (C=O) groups is 1. The molecular formula is C16H20N2O2. The summed E-state index contributed by atoms with van der Waals surface area (Å²) in [5.74, 6) is -0.0414. The Morgan fingerprint density at radius 1 is 1.50 bits per heavy atom. The number of carbonyl (C=O) groups excluding carboxylic acids is 1. The summed E-state index contributed by atoms with van der Waals surface area (Å²) in [7, 11) is 1.60. The lowest BCUT2D eigenvalue weighted by atomic mass is 9.99. The first-order valence-electron chi connectivity index (χ1n) is 7.06. The fourth-order valence-electron chi connectivity index (χ4n) is 2.60. The van der Waals surface area contributed by atoms with Gasteiger partial charge in [0.1, 0.15) is 11.7 Å². The normalized spacial score (nSPS) is 16.4. The maximum absolute atomic E-state index is 12.1. The topological polar surface area (TPSA) is 62.1 Å². The van der Waals surface area contributed by atoms with E-state index in [4.69, 9.17) is 4.74 Å². The first-order valence-corrected chi connectivity index (χ1v) is 7.06. The molecule has 1 aromatic rings. The van der Waals surface area contributed by atoms with Crippen LogP contribution in [0.15, 0.2) is 24.3 Å². The van der Waals surface area contributed by atoms with Crippen molar-refractivity contribution in [3.05, 3.63) is 29.8 Å². The number of nitrogens with zero attached hydrogens (tertiary/aromatic N) is 1. The van der Waals surface area contributed by atoms with E-state index in [1.54, 1.807) is 7.11 Å². The van der Waals surface area contributed by atoms with Gasteiger partial charge in [-0.25, -0.2) is 0 Å². The Balaban J connectivity index is 1.97. The van der Waals surface area contributed by atoms with Crippen LogP contribution in [0.25, 0.3) is 0 Å². The molecule has 1 amide bonds. The van der Waals surface area contributed by atoms with Crippen molar-refractivity contribution >= 4 is 5.91 Å². The number of nitrogens with one attached hydrogen (secondary N) is 1. The molecule has 1 aromatic carbocycles. The number of benzene rings is 1. The second-order valence-electron chi connectivity index (χ2n) is 5.23. The van der Waals surface area contributed by atoms with Crippen LogP contribution >= 0.6 is 0 Å². The van der Waals surface area contributed by atoms with Gasteiger partial charge >= 0.3 is 0 Å². The molecule has 1 N–H and O–H groups in total. The van der Waals surface area contributed by atoms with Crippen LogP contribution < -0.4 is 10.1 Å². The Morgan fingerprint density at radius 3 is 2.90 bits per heavy atom. The second-order valence-corrected chi connectivity index (χ2v) is 5.23. The highest BCUT2D eigenvalue weighted by molar-refractivity contribution is 5.81. The summed E-state index contributed by atoms with van der Waals surface area (Å²) in [4.78, 5) is 12.1. The van der Waals surface area contributed by atoms with E-state index in [0.29, 0.717) is 6.42 Å². The third-order valence-electron chi connectivity index (χ3n) is 3.75. The van der Waals surface area contributed by atoms with Gasteiger partial charge in [0.2, 0.25) is 5.91 Å². The van der Waals surface area contributed by atoms with E-state index in [2.05, 4.69) is 11.4 Å². The molecule has 1 unspecified atom stereocenters. The summed E-state index contributed by atoms with van der Waals surface area (Å²) in [5.41, 5.74) is 0.942. The van der Waals surface area contributed by atoms with Crippen molar-refractivity contribution in [3.63, 3.8) is 0 Å². The maximum atomic E-state index is 12.1. The van der Waals surface area contributed by atoms with Crippen LogP contribution in [0.3, 0.4) is 0 Å². The van der Waals surface area contributed by atoms with Gasteiger partial charge in [-0.3, -0.25) is 4.79 Å². The van der Waals surface area contributed by atoms with Gasteiger partial charge in [-0.05, 0) is 37.0 Å². The number of hydrogen-bond acceptors (Lipinski definition) is 3. The zero-order chi connectivity index (χ0) is 14.4. The van der Waals surface area contributed by atoms with Crippen molar-refractivity contribution in [2.45, 2.75) is 38.1 Å². The molecule has 1 atom stereocenters. The predicted molar refractivity (Wildman–Crippen MR) is 76.2 cm³/mol. The van der Waals surface area contributed by atoms with Crippen molar-refractivity contribution < 1.29 is 9.53 Å². The van der Waals surface area contributed by atoms with Crippen LogP contribution in [0.2, 0.25) is 0 Å². The molecule has 0 spiro atoms. The van der Waals surface area contributed by atoms with Crippen LogP contribution in [0.4, 0.5) is 0 Å². The van der Waals surface area contributed by atoms with Crippen molar-refractivity contribution in [1.29, 1.82) is 5.26 Å². The van der Waals surface area contributed by atoms with Gasteiger partial charge in [0.05, 0.1) is 13.2 Å². The lowest BCUT2D eigenvalue weighted by Gasteiger charge is -2.15. The fourth-order valence-corrected chi connectivity index (χ4v) is 2.60. The minimum absolute atomic E-state index is 0.151. The lowest BCUT2D eigenvalue weighted by molar-refractivity contribution is -0.124. The van der Waals surface area contributed by atoms with Crippen LogP contribution in [-0.2, 0) is 11.2 Å². The summed E-state index contributed by atoms with van der Waals surface area (Å²) in [6.07, 6.45) is 4.81. The molecule has 0 aromatic heterocycles. The molecule has 4 nitrogen and oxygen atoms in total. The van der Waals surface area contributed by atoms with E-state index in [-0.39, 0.29) is 11.9 Å². The Labute approximate surface area is 119 Å². The van der Waals surface area contributed by atoms with E-state index < -0.39 is 5.92 Å². The molecule has 0 aliphatic heterocycles. The number of rotatable bonds is 5. The van der Waals surface area contributed by atoms with Gasteiger partial charge in [0.15, 0.2) is 0 Å². The van der Waals surface area contributed by atoms with Gasteiger partial charge in [-0.1, -0.05) is 25.0 Å². The molecular weight excluding hydrogens is 252 g/mol. The summed E-state index contributed by atoms with van der Waals surface area (Å²) < 4.78 is 5.15. The lowest BCUT2D eigenvalue weighted by Crippen LogP contribution is -2.37. The molecule has 0 saturated heterocycles. The number of ether oxygens (including phenoxy) is 1.